The quantitative estimate of drug-likeness (QED) is 0.270. The first-order valence-corrected chi connectivity index (χ1v) is 15.5. The Morgan fingerprint density at radius 1 is 1.03 bits per heavy atom. The molecular weight excluding hydrogens is 608 g/mol. The van der Waals surface area contributed by atoms with E-state index in [1.807, 2.05) is 60.7 Å². The number of hydrogen-bond acceptors (Lipinski definition) is 8. The molecular formula is C26H19BrN4O4S3. The molecule has 2 aliphatic heterocycles. The number of para-hydroxylation sites is 1. The predicted octanol–water partition coefficient (Wildman–Crippen LogP) is 6.02. The van der Waals surface area contributed by atoms with Crippen LogP contribution in [0.2, 0.25) is 0 Å². The van der Waals surface area contributed by atoms with Crippen LogP contribution < -0.4 is 9.91 Å². The van der Waals surface area contributed by atoms with Crippen LogP contribution in [0, 0.1) is 0 Å². The molecule has 6 rings (SSSR count). The standard InChI is InChI=1S/C26H19BrN4O4S3/c27-18-6-3-5-17(13-18)11-12-19-15-26(31(29-19)20-7-4-8-21(14-20)38(33,34)35)30(24(32)16-36-26)25-28-22-9-1-2-10-23(22)37-25/h1-14H,15-16H2,(H,33,34,35). The molecule has 0 aliphatic carbocycles. The molecule has 1 amide bonds. The van der Waals surface area contributed by atoms with Crippen molar-refractivity contribution in [1.29, 1.82) is 0 Å². The Morgan fingerprint density at radius 3 is 2.63 bits per heavy atom. The summed E-state index contributed by atoms with van der Waals surface area (Å²) in [6.07, 6.45) is 4.22. The van der Waals surface area contributed by atoms with Crippen molar-refractivity contribution >= 4 is 87.9 Å². The van der Waals surface area contributed by atoms with E-state index in [0.717, 1.165) is 20.3 Å². The number of hydrazone groups is 1. The van der Waals surface area contributed by atoms with E-state index in [4.69, 9.17) is 10.1 Å². The number of allylic oxidation sites excluding steroid dienone is 1. The van der Waals surface area contributed by atoms with Gasteiger partial charge < -0.3 is 0 Å². The van der Waals surface area contributed by atoms with Crippen LogP contribution in [-0.4, -0.2) is 40.3 Å². The number of aromatic nitrogens is 1. The maximum atomic E-state index is 13.4. The van der Waals surface area contributed by atoms with Crippen molar-refractivity contribution in [3.8, 4) is 0 Å². The van der Waals surface area contributed by atoms with Crippen molar-refractivity contribution in [2.75, 3.05) is 15.7 Å². The molecule has 12 heteroatoms. The second-order valence-electron chi connectivity index (χ2n) is 8.67. The minimum Gasteiger partial charge on any atom is -0.282 e. The number of carbonyl (C=O) groups is 1. The van der Waals surface area contributed by atoms with Gasteiger partial charge >= 0.3 is 0 Å². The first kappa shape index (κ1) is 25.3. The van der Waals surface area contributed by atoms with E-state index in [0.29, 0.717) is 23.0 Å². The second-order valence-corrected chi connectivity index (χ2v) is 13.2. The molecule has 1 atom stereocenters. The van der Waals surface area contributed by atoms with Gasteiger partial charge in [0.15, 0.2) is 10.1 Å². The summed E-state index contributed by atoms with van der Waals surface area (Å²) in [6, 6.07) is 21.5. The van der Waals surface area contributed by atoms with E-state index < -0.39 is 15.1 Å². The number of halogens is 1. The van der Waals surface area contributed by atoms with Gasteiger partial charge in [-0.15, -0.1) is 0 Å². The number of nitrogens with zero attached hydrogens (tertiary/aromatic N) is 4. The zero-order chi connectivity index (χ0) is 26.5. The molecule has 3 heterocycles. The van der Waals surface area contributed by atoms with Gasteiger partial charge in [0.05, 0.1) is 32.3 Å². The molecule has 1 spiro atoms. The summed E-state index contributed by atoms with van der Waals surface area (Å²) in [7, 11) is -4.44. The molecule has 38 heavy (non-hydrogen) atoms. The lowest BCUT2D eigenvalue weighted by Crippen LogP contribution is -2.53. The minimum absolute atomic E-state index is 0.114. The summed E-state index contributed by atoms with van der Waals surface area (Å²) in [6.45, 7) is 0. The van der Waals surface area contributed by atoms with E-state index in [1.54, 1.807) is 22.0 Å². The van der Waals surface area contributed by atoms with Crippen LogP contribution in [0.15, 0.2) is 93.3 Å². The highest BCUT2D eigenvalue weighted by Crippen LogP contribution is 2.51. The molecule has 0 radical (unpaired) electrons. The summed E-state index contributed by atoms with van der Waals surface area (Å²) >= 11 is 6.33. The highest BCUT2D eigenvalue weighted by atomic mass is 79.9. The van der Waals surface area contributed by atoms with Gasteiger partial charge in [-0.1, -0.05) is 75.4 Å². The van der Waals surface area contributed by atoms with Gasteiger partial charge in [0.2, 0.25) is 5.91 Å². The lowest BCUT2D eigenvalue weighted by Gasteiger charge is -2.39. The monoisotopic (exact) mass is 626 g/mol. The molecule has 1 fully saturated rings. The molecule has 8 nitrogen and oxygen atoms in total. The number of thioether (sulfide) groups is 1. The van der Waals surface area contributed by atoms with Crippen LogP contribution in [0.3, 0.4) is 0 Å². The Morgan fingerprint density at radius 2 is 1.84 bits per heavy atom. The predicted molar refractivity (Wildman–Crippen MR) is 156 cm³/mol. The fraction of sp³-hybridized carbons (Fsp3) is 0.115. The molecule has 4 aromatic rings. The molecule has 0 bridgehead atoms. The van der Waals surface area contributed by atoms with Crippen molar-refractivity contribution in [3.05, 3.63) is 88.9 Å². The van der Waals surface area contributed by atoms with E-state index in [2.05, 4.69) is 15.9 Å². The number of fused-ring (bicyclic) bond motifs is 1. The number of anilines is 2. The molecule has 1 aromatic heterocycles. The van der Waals surface area contributed by atoms with Crippen LogP contribution in [0.1, 0.15) is 12.0 Å². The van der Waals surface area contributed by atoms with E-state index in [9.17, 15) is 17.8 Å². The Hall–Kier alpha value is -3.03. The Labute approximate surface area is 235 Å². The van der Waals surface area contributed by atoms with E-state index in [-0.39, 0.29) is 16.6 Å². The first-order valence-electron chi connectivity index (χ1n) is 11.4. The number of carbonyl (C=O) groups excluding carboxylic acids is 1. The second kappa shape index (κ2) is 9.62. The normalized spacial score (nSPS) is 19.8. The van der Waals surface area contributed by atoms with Crippen molar-refractivity contribution in [1.82, 2.24) is 4.98 Å². The average molecular weight is 628 g/mol. The van der Waals surface area contributed by atoms with Crippen molar-refractivity contribution in [2.45, 2.75) is 16.3 Å². The maximum absolute atomic E-state index is 13.4. The molecule has 1 unspecified atom stereocenters. The highest BCUT2D eigenvalue weighted by Gasteiger charge is 2.56. The lowest BCUT2D eigenvalue weighted by molar-refractivity contribution is -0.116. The minimum atomic E-state index is -4.44. The molecule has 1 saturated heterocycles. The lowest BCUT2D eigenvalue weighted by atomic mass is 10.1. The van der Waals surface area contributed by atoms with Gasteiger partial charge in [0.25, 0.3) is 10.1 Å². The van der Waals surface area contributed by atoms with Crippen LogP contribution >= 0.6 is 39.0 Å². The third-order valence-electron chi connectivity index (χ3n) is 6.15. The Kier molecular flexibility index (Phi) is 6.39. The van der Waals surface area contributed by atoms with Gasteiger partial charge in [-0.2, -0.15) is 13.5 Å². The van der Waals surface area contributed by atoms with Crippen LogP contribution in [0.25, 0.3) is 16.3 Å². The molecule has 3 aromatic carbocycles. The Balaban J connectivity index is 1.47. The van der Waals surface area contributed by atoms with Gasteiger partial charge in [-0.25, -0.2) is 9.99 Å². The van der Waals surface area contributed by atoms with Crippen LogP contribution in [0.5, 0.6) is 0 Å². The summed E-state index contributed by atoms with van der Waals surface area (Å²) < 4.78 is 35.4. The van der Waals surface area contributed by atoms with E-state index in [1.165, 1.54) is 35.2 Å². The van der Waals surface area contributed by atoms with Gasteiger partial charge in [-0.3, -0.25) is 14.2 Å². The topological polar surface area (TPSA) is 103 Å². The fourth-order valence-corrected chi connectivity index (χ4v) is 7.85. The number of benzene rings is 3. The molecule has 192 valence electrons. The summed E-state index contributed by atoms with van der Waals surface area (Å²) in [4.78, 5) is 18.5. The van der Waals surface area contributed by atoms with Crippen molar-refractivity contribution < 1.29 is 17.8 Å². The maximum Gasteiger partial charge on any atom is 0.294 e. The highest BCUT2D eigenvalue weighted by molar-refractivity contribution is 9.10. The number of thiazole rings is 1. The molecule has 2 aliphatic rings. The zero-order valence-corrected chi connectivity index (χ0v) is 23.6. The third kappa shape index (κ3) is 4.56. The molecule has 0 saturated carbocycles. The van der Waals surface area contributed by atoms with Gasteiger partial charge in [-0.05, 0) is 54.1 Å². The summed E-state index contributed by atoms with van der Waals surface area (Å²) in [5.74, 6) is 0.0974. The van der Waals surface area contributed by atoms with Crippen LogP contribution in [0.4, 0.5) is 10.8 Å². The molecule has 1 N–H and O–H groups in total. The van der Waals surface area contributed by atoms with E-state index >= 15 is 0 Å². The SMILES string of the molecule is O=C1CSC2(CC(C=Cc3cccc(Br)c3)=NN2c2cccc(S(=O)(=O)O)c2)N1c1nc2ccccc2s1. The number of amides is 1. The number of hydrogen-bond donors (Lipinski definition) is 1. The Bertz CT molecular complexity index is 1720. The van der Waals surface area contributed by atoms with Crippen LogP contribution in [-0.2, 0) is 14.9 Å². The van der Waals surface area contributed by atoms with Gasteiger partial charge in [0.1, 0.15) is 0 Å². The largest absolute Gasteiger partial charge is 0.294 e. The van der Waals surface area contributed by atoms with Crippen molar-refractivity contribution in [2.24, 2.45) is 5.10 Å². The summed E-state index contributed by atoms with van der Waals surface area (Å²) in [5, 5.41) is 7.07. The van der Waals surface area contributed by atoms with Gasteiger partial charge in [0, 0.05) is 10.9 Å². The summed E-state index contributed by atoms with van der Waals surface area (Å²) in [5.41, 5.74) is 2.90. The number of rotatable bonds is 5. The smallest absolute Gasteiger partial charge is 0.282 e. The zero-order valence-electron chi connectivity index (χ0n) is 19.6. The first-order chi connectivity index (χ1) is 18.2. The third-order valence-corrected chi connectivity index (χ3v) is 9.87. The fourth-order valence-electron chi connectivity index (χ4n) is 4.48. The average Bonchev–Trinajstić information content (AvgIpc) is 3.57. The van der Waals surface area contributed by atoms with Crippen molar-refractivity contribution in [3.63, 3.8) is 0 Å².